The molecule has 206 valence electrons. The Morgan fingerprint density at radius 2 is 1.87 bits per heavy atom. The normalized spacial score (nSPS) is 19.3. The molecule has 7 rings (SSSR count). The van der Waals surface area contributed by atoms with Gasteiger partial charge in [-0.15, -0.1) is 0 Å². The lowest BCUT2D eigenvalue weighted by molar-refractivity contribution is -0.385. The summed E-state index contributed by atoms with van der Waals surface area (Å²) in [6, 6.07) is 8.51. The molecule has 3 amide bonds. The monoisotopic (exact) mass is 537 g/mol. The molecule has 5 heterocycles. The molecular weight excluding hydrogens is 506 g/mol. The Kier molecular flexibility index (Phi) is 8.58. The second-order valence-electron chi connectivity index (χ2n) is 9.72. The molecule has 2 aromatic rings. The number of rotatable bonds is 7. The number of carbonyl (C=O) groups excluding carboxylic acids is 4. The van der Waals surface area contributed by atoms with Crippen molar-refractivity contribution >= 4 is 29.4 Å². The van der Waals surface area contributed by atoms with E-state index in [0.29, 0.717) is 17.5 Å². The lowest BCUT2D eigenvalue weighted by atomic mass is 9.97. The molecule has 11 nitrogen and oxygen atoms in total. The van der Waals surface area contributed by atoms with E-state index in [1.165, 1.54) is 19.2 Å². The van der Waals surface area contributed by atoms with Crippen molar-refractivity contribution in [3.05, 3.63) is 63.7 Å². The number of methoxy groups -OCH3 is 1. The molecule has 6 bridgehead atoms. The quantitative estimate of drug-likeness (QED) is 0.172. The molecule has 5 aliphatic rings. The number of carbonyl (C=O) groups is 4. The highest BCUT2D eigenvalue weighted by Crippen LogP contribution is 2.34. The fraction of sp³-hybridized carbons (Fsp3) is 0.429. The highest BCUT2D eigenvalue weighted by molar-refractivity contribution is 6.06. The van der Waals surface area contributed by atoms with Crippen LogP contribution in [0, 0.1) is 10.1 Å². The van der Waals surface area contributed by atoms with Gasteiger partial charge in [0.25, 0.3) is 0 Å². The van der Waals surface area contributed by atoms with Gasteiger partial charge < -0.3 is 14.4 Å². The molecule has 0 N–H and O–H groups in total. The number of unbranched alkanes of at least 4 members (excludes halogenated alkanes) is 3. The second-order valence-corrected chi connectivity index (χ2v) is 9.72. The highest BCUT2D eigenvalue weighted by Gasteiger charge is 2.46. The Bertz CT molecular complexity index is 1290. The molecule has 2 atom stereocenters. The molecule has 1 saturated heterocycles. The Labute approximate surface area is 225 Å². The Hall–Kier alpha value is -4.28. The number of nitro groups is 1. The second kappa shape index (κ2) is 12.1. The zero-order chi connectivity index (χ0) is 28.1. The summed E-state index contributed by atoms with van der Waals surface area (Å²) in [7, 11) is 1.17. The lowest BCUT2D eigenvalue weighted by Gasteiger charge is -2.41. The fourth-order valence-corrected chi connectivity index (χ4v) is 5.07. The van der Waals surface area contributed by atoms with Gasteiger partial charge in [0.2, 0.25) is 23.5 Å². The van der Waals surface area contributed by atoms with Gasteiger partial charge in [-0.3, -0.25) is 29.4 Å². The van der Waals surface area contributed by atoms with Crippen LogP contribution in [0.4, 0.5) is 5.69 Å². The molecule has 0 aromatic heterocycles. The van der Waals surface area contributed by atoms with E-state index in [4.69, 9.17) is 9.47 Å². The van der Waals surface area contributed by atoms with Gasteiger partial charge in [-0.25, -0.2) is 4.79 Å². The van der Waals surface area contributed by atoms with Crippen LogP contribution in [0.25, 0.3) is 0 Å². The molecule has 5 aliphatic heterocycles. The lowest BCUT2D eigenvalue weighted by Crippen LogP contribution is -2.65. The van der Waals surface area contributed by atoms with Gasteiger partial charge in [-0.2, -0.15) is 0 Å². The Morgan fingerprint density at radius 1 is 1.08 bits per heavy atom. The minimum Gasteiger partial charge on any atom is -0.467 e. The van der Waals surface area contributed by atoms with Crippen molar-refractivity contribution in [2.24, 2.45) is 0 Å². The van der Waals surface area contributed by atoms with E-state index in [0.717, 1.165) is 29.1 Å². The molecule has 2 aromatic carbocycles. The average Bonchev–Trinajstić information content (AvgIpc) is 2.91. The van der Waals surface area contributed by atoms with Crippen LogP contribution in [0.3, 0.4) is 0 Å². The predicted octanol–water partition coefficient (Wildman–Crippen LogP) is 3.56. The van der Waals surface area contributed by atoms with E-state index < -0.39 is 47.2 Å². The number of ether oxygens (including phenoxy) is 2. The molecule has 11 heteroatoms. The van der Waals surface area contributed by atoms with Gasteiger partial charge in [0.15, 0.2) is 0 Å². The average molecular weight is 538 g/mol. The molecule has 2 unspecified atom stereocenters. The Balaban J connectivity index is 1.83. The zero-order valence-corrected chi connectivity index (χ0v) is 22.0. The molecule has 0 aliphatic carbocycles. The van der Waals surface area contributed by atoms with Crippen LogP contribution in [0.2, 0.25) is 0 Å². The number of esters is 1. The van der Waals surface area contributed by atoms with Crippen molar-refractivity contribution < 1.29 is 33.6 Å². The first-order valence-electron chi connectivity index (χ1n) is 13.0. The number of nitrogens with zero attached hydrogens (tertiary/aromatic N) is 3. The van der Waals surface area contributed by atoms with Crippen molar-refractivity contribution in [2.75, 3.05) is 13.7 Å². The highest BCUT2D eigenvalue weighted by atomic mass is 16.6. The first kappa shape index (κ1) is 27.7. The van der Waals surface area contributed by atoms with E-state index >= 15 is 0 Å². The maximum absolute atomic E-state index is 13.8. The van der Waals surface area contributed by atoms with E-state index in [1.54, 1.807) is 30.3 Å². The summed E-state index contributed by atoms with van der Waals surface area (Å²) in [6.07, 6.45) is 3.33. The smallest absolute Gasteiger partial charge is 0.328 e. The third-order valence-corrected chi connectivity index (χ3v) is 7.03. The van der Waals surface area contributed by atoms with Crippen LogP contribution >= 0.6 is 0 Å². The first-order chi connectivity index (χ1) is 18.7. The van der Waals surface area contributed by atoms with Crippen LogP contribution in [-0.2, 0) is 36.8 Å². The van der Waals surface area contributed by atoms with Gasteiger partial charge in [0, 0.05) is 12.5 Å². The van der Waals surface area contributed by atoms with Crippen molar-refractivity contribution in [3.63, 3.8) is 0 Å². The topological polar surface area (TPSA) is 136 Å². The van der Waals surface area contributed by atoms with Crippen LogP contribution < -0.4 is 4.74 Å². The fourth-order valence-electron chi connectivity index (χ4n) is 5.07. The molecular formula is C28H31N3O8. The van der Waals surface area contributed by atoms with Gasteiger partial charge in [-0.05, 0) is 35.7 Å². The van der Waals surface area contributed by atoms with Gasteiger partial charge in [-0.1, -0.05) is 50.8 Å². The first-order valence-corrected chi connectivity index (χ1v) is 13.0. The van der Waals surface area contributed by atoms with Gasteiger partial charge >= 0.3 is 11.7 Å². The van der Waals surface area contributed by atoms with Crippen molar-refractivity contribution in [1.82, 2.24) is 9.80 Å². The number of hydrogen-bond donors (Lipinski definition) is 0. The van der Waals surface area contributed by atoms with Crippen LogP contribution in [0.1, 0.15) is 50.2 Å². The number of benzene rings is 2. The van der Waals surface area contributed by atoms with Gasteiger partial charge in [0.1, 0.15) is 24.4 Å². The number of hydrogen-bond acceptors (Lipinski definition) is 8. The molecule has 0 radical (unpaired) electrons. The molecule has 1 fully saturated rings. The minimum absolute atomic E-state index is 0.0158. The van der Waals surface area contributed by atoms with Crippen molar-refractivity contribution in [2.45, 2.75) is 64.0 Å². The van der Waals surface area contributed by atoms with Crippen LogP contribution in [0.5, 0.6) is 11.5 Å². The number of imide groups is 1. The number of amides is 3. The Morgan fingerprint density at radius 3 is 2.59 bits per heavy atom. The summed E-state index contributed by atoms with van der Waals surface area (Å²) in [5.74, 6) is -2.15. The number of piperazine rings is 1. The van der Waals surface area contributed by atoms with E-state index in [1.807, 2.05) is 0 Å². The van der Waals surface area contributed by atoms with Crippen LogP contribution in [0.15, 0.2) is 42.5 Å². The summed E-state index contributed by atoms with van der Waals surface area (Å²) in [5, 5.41) is 11.9. The standard InChI is InChI=1S/C28H31N3O8/c1-3-4-5-6-10-21-27(34)29-17-26(33)30(21)25(32)16-18-8-7-9-20(13-18)39-24-12-11-19(14-22(24)31(36)37)15-23(29)28(35)38-2/h7-9,11-14,21,23H,3-6,10,15-17H2,1-2H3. The summed E-state index contributed by atoms with van der Waals surface area (Å²) in [5.41, 5.74) is 0.568. The third kappa shape index (κ3) is 6.08. The molecule has 0 spiro atoms. The summed E-state index contributed by atoms with van der Waals surface area (Å²) < 4.78 is 10.8. The zero-order valence-electron chi connectivity index (χ0n) is 22.0. The van der Waals surface area contributed by atoms with E-state index in [-0.39, 0.29) is 36.4 Å². The predicted molar refractivity (Wildman–Crippen MR) is 139 cm³/mol. The van der Waals surface area contributed by atoms with Crippen molar-refractivity contribution in [3.8, 4) is 11.5 Å². The van der Waals surface area contributed by atoms with Crippen LogP contribution in [-0.4, -0.2) is 64.2 Å². The maximum atomic E-state index is 13.8. The molecule has 0 saturated carbocycles. The summed E-state index contributed by atoms with van der Waals surface area (Å²) in [4.78, 5) is 67.0. The largest absolute Gasteiger partial charge is 0.467 e. The number of nitro benzene ring substituents is 1. The van der Waals surface area contributed by atoms with Gasteiger partial charge in [0.05, 0.1) is 18.5 Å². The summed E-state index contributed by atoms with van der Waals surface area (Å²) >= 11 is 0. The van der Waals surface area contributed by atoms with Crippen molar-refractivity contribution in [1.29, 1.82) is 0 Å². The molecule has 39 heavy (non-hydrogen) atoms. The summed E-state index contributed by atoms with van der Waals surface area (Å²) in [6.45, 7) is 1.57. The van der Waals surface area contributed by atoms with E-state index in [9.17, 15) is 29.3 Å². The third-order valence-electron chi connectivity index (χ3n) is 7.03. The SMILES string of the molecule is CCCCCCC1C(=O)N2CC(=O)N1C(=O)Cc1cccc(c1)Oc1ccc(cc1[N+](=O)[O-])CC2C(=O)OC. The maximum Gasteiger partial charge on any atom is 0.328 e. The van der Waals surface area contributed by atoms with E-state index in [2.05, 4.69) is 6.92 Å². The minimum atomic E-state index is -1.21.